The van der Waals surface area contributed by atoms with Gasteiger partial charge < -0.3 is 0 Å². The van der Waals surface area contributed by atoms with E-state index in [1.807, 2.05) is 0 Å². The summed E-state index contributed by atoms with van der Waals surface area (Å²) in [5.74, 6) is 2.17. The van der Waals surface area contributed by atoms with Crippen LogP contribution in [0.2, 0.25) is 0 Å². The van der Waals surface area contributed by atoms with E-state index in [4.69, 9.17) is 0 Å². The van der Waals surface area contributed by atoms with Crippen LogP contribution in [0.5, 0.6) is 0 Å². The van der Waals surface area contributed by atoms with E-state index in [0.717, 1.165) is 13.0 Å². The summed E-state index contributed by atoms with van der Waals surface area (Å²) in [6, 6.07) is 0. The summed E-state index contributed by atoms with van der Waals surface area (Å²) in [6.07, 6.45) is 9.80. The topological polar surface area (TPSA) is 37.4 Å². The molecule has 2 amide bonds. The Morgan fingerprint density at radius 3 is 2.00 bits per heavy atom. The molecule has 0 N–H and O–H groups in total. The third kappa shape index (κ3) is 1.70. The summed E-state index contributed by atoms with van der Waals surface area (Å²) in [5.41, 5.74) is 0. The number of carbonyl (C=O) groups excluding carboxylic acids is 2. The van der Waals surface area contributed by atoms with Crippen molar-refractivity contribution >= 4 is 11.8 Å². The van der Waals surface area contributed by atoms with Gasteiger partial charge in [-0.2, -0.15) is 0 Å². The molecule has 0 radical (unpaired) electrons. The van der Waals surface area contributed by atoms with Crippen LogP contribution in [0, 0.1) is 29.6 Å². The second-order valence-corrected chi connectivity index (χ2v) is 7.18. The van der Waals surface area contributed by atoms with Gasteiger partial charge in [-0.3, -0.25) is 14.5 Å². The number of hydrogen-bond donors (Lipinski definition) is 0. The maximum absolute atomic E-state index is 12.6. The van der Waals surface area contributed by atoms with Crippen molar-refractivity contribution in [1.82, 2.24) is 4.90 Å². The first-order chi connectivity index (χ1) is 9.25. The lowest BCUT2D eigenvalue weighted by molar-refractivity contribution is -0.141. The van der Waals surface area contributed by atoms with E-state index in [1.165, 1.54) is 44.9 Å². The van der Waals surface area contributed by atoms with Crippen LogP contribution in [-0.4, -0.2) is 23.3 Å². The quantitative estimate of drug-likeness (QED) is 0.716. The zero-order valence-electron chi connectivity index (χ0n) is 11.5. The first-order valence-corrected chi connectivity index (χ1v) is 8.11. The van der Waals surface area contributed by atoms with Crippen LogP contribution in [0.1, 0.15) is 51.4 Å². The summed E-state index contributed by atoms with van der Waals surface area (Å²) < 4.78 is 0. The lowest BCUT2D eigenvalue weighted by Crippen LogP contribution is -2.37. The number of nitrogens with zero attached hydrogens (tertiary/aromatic N) is 1. The van der Waals surface area contributed by atoms with Gasteiger partial charge in [-0.25, -0.2) is 0 Å². The van der Waals surface area contributed by atoms with E-state index in [1.54, 1.807) is 4.90 Å². The molecule has 3 aliphatic carbocycles. The van der Waals surface area contributed by atoms with Gasteiger partial charge in [-0.1, -0.05) is 19.3 Å². The van der Waals surface area contributed by atoms with Gasteiger partial charge in [0, 0.05) is 6.54 Å². The number of hydrogen-bond acceptors (Lipinski definition) is 2. The van der Waals surface area contributed by atoms with Gasteiger partial charge in [0.05, 0.1) is 11.8 Å². The minimum Gasteiger partial charge on any atom is -0.282 e. The fourth-order valence-electron chi connectivity index (χ4n) is 5.28. The molecule has 1 heterocycles. The zero-order valence-corrected chi connectivity index (χ0v) is 11.5. The molecule has 19 heavy (non-hydrogen) atoms. The van der Waals surface area contributed by atoms with Gasteiger partial charge in [0.25, 0.3) is 0 Å². The van der Waals surface area contributed by atoms with Gasteiger partial charge in [0.15, 0.2) is 0 Å². The van der Waals surface area contributed by atoms with Crippen molar-refractivity contribution in [2.45, 2.75) is 51.4 Å². The molecule has 4 rings (SSSR count). The largest absolute Gasteiger partial charge is 0.282 e. The van der Waals surface area contributed by atoms with Crippen LogP contribution in [-0.2, 0) is 9.59 Å². The molecular formula is C16H23NO2. The Bertz CT molecular complexity index is 385. The Labute approximate surface area is 114 Å². The van der Waals surface area contributed by atoms with Crippen molar-refractivity contribution in [3.63, 3.8) is 0 Å². The highest BCUT2D eigenvalue weighted by atomic mass is 16.2. The molecule has 0 aromatic carbocycles. The predicted molar refractivity (Wildman–Crippen MR) is 71.1 cm³/mol. The van der Waals surface area contributed by atoms with Gasteiger partial charge in [0.1, 0.15) is 0 Å². The number of amides is 2. The number of rotatable bonds is 2. The van der Waals surface area contributed by atoms with Crippen LogP contribution >= 0.6 is 0 Å². The molecule has 2 bridgehead atoms. The molecule has 0 spiro atoms. The monoisotopic (exact) mass is 261 g/mol. The smallest absolute Gasteiger partial charge is 0.233 e. The summed E-state index contributed by atoms with van der Waals surface area (Å²) in [5, 5.41) is 0. The van der Waals surface area contributed by atoms with Crippen molar-refractivity contribution in [2.75, 3.05) is 6.54 Å². The Morgan fingerprint density at radius 1 is 0.842 bits per heavy atom. The summed E-state index contributed by atoms with van der Waals surface area (Å²) in [7, 11) is 0. The van der Waals surface area contributed by atoms with Crippen molar-refractivity contribution in [3.05, 3.63) is 0 Å². The van der Waals surface area contributed by atoms with E-state index in [9.17, 15) is 9.59 Å². The number of fused-ring (bicyclic) bond motifs is 5. The molecule has 4 atom stereocenters. The third-order valence-electron chi connectivity index (χ3n) is 6.18. The van der Waals surface area contributed by atoms with Crippen LogP contribution in [0.4, 0.5) is 0 Å². The molecule has 3 unspecified atom stereocenters. The Morgan fingerprint density at radius 2 is 1.42 bits per heavy atom. The second kappa shape index (κ2) is 4.32. The fourth-order valence-corrected chi connectivity index (χ4v) is 5.28. The second-order valence-electron chi connectivity index (χ2n) is 7.18. The van der Waals surface area contributed by atoms with E-state index in [2.05, 4.69) is 0 Å². The normalized spacial score (nSPS) is 42.2. The molecule has 4 aliphatic rings. The first-order valence-electron chi connectivity index (χ1n) is 8.11. The van der Waals surface area contributed by atoms with Crippen LogP contribution < -0.4 is 0 Å². The molecule has 3 saturated carbocycles. The first kappa shape index (κ1) is 11.9. The number of likely N-dealkylation sites (tertiary alicyclic amines) is 1. The van der Waals surface area contributed by atoms with Crippen LogP contribution in [0.3, 0.4) is 0 Å². The average Bonchev–Trinajstić information content (AvgIpc) is 3.10. The third-order valence-corrected chi connectivity index (χ3v) is 6.18. The zero-order chi connectivity index (χ0) is 13.0. The minimum absolute atomic E-state index is 0.0786. The maximum atomic E-state index is 12.6. The Balaban J connectivity index is 1.51. The highest BCUT2D eigenvalue weighted by Gasteiger charge is 2.60. The van der Waals surface area contributed by atoms with E-state index in [0.29, 0.717) is 17.8 Å². The van der Waals surface area contributed by atoms with Gasteiger partial charge in [-0.05, 0) is 49.9 Å². The van der Waals surface area contributed by atoms with Crippen LogP contribution in [0.15, 0.2) is 0 Å². The van der Waals surface area contributed by atoms with E-state index >= 15 is 0 Å². The Hall–Kier alpha value is -0.860. The molecule has 4 fully saturated rings. The number of carbonyl (C=O) groups is 2. The molecular weight excluding hydrogens is 238 g/mol. The van der Waals surface area contributed by atoms with Crippen molar-refractivity contribution in [1.29, 1.82) is 0 Å². The van der Waals surface area contributed by atoms with Gasteiger partial charge in [-0.15, -0.1) is 0 Å². The van der Waals surface area contributed by atoms with Crippen molar-refractivity contribution in [3.8, 4) is 0 Å². The van der Waals surface area contributed by atoms with E-state index in [-0.39, 0.29) is 23.7 Å². The molecule has 1 aliphatic heterocycles. The highest BCUT2D eigenvalue weighted by Crippen LogP contribution is 2.56. The highest BCUT2D eigenvalue weighted by molar-refractivity contribution is 6.06. The summed E-state index contributed by atoms with van der Waals surface area (Å²) in [6.45, 7) is 0.726. The molecule has 1 saturated heterocycles. The maximum Gasteiger partial charge on any atom is 0.233 e. The van der Waals surface area contributed by atoms with Gasteiger partial charge in [0.2, 0.25) is 11.8 Å². The molecule has 104 valence electrons. The lowest BCUT2D eigenvalue weighted by Gasteiger charge is -2.26. The van der Waals surface area contributed by atoms with E-state index < -0.39 is 0 Å². The van der Waals surface area contributed by atoms with Gasteiger partial charge >= 0.3 is 0 Å². The number of imide groups is 1. The molecule has 0 aromatic rings. The Kier molecular flexibility index (Phi) is 2.71. The SMILES string of the molecule is O=C1C2C3CC[C@H](C3)C2C(=O)N1CC1CCCCC1. The van der Waals surface area contributed by atoms with Crippen molar-refractivity contribution in [2.24, 2.45) is 29.6 Å². The van der Waals surface area contributed by atoms with Crippen LogP contribution in [0.25, 0.3) is 0 Å². The van der Waals surface area contributed by atoms with Crippen molar-refractivity contribution < 1.29 is 9.59 Å². The lowest BCUT2D eigenvalue weighted by atomic mass is 9.81. The molecule has 0 aromatic heterocycles. The summed E-state index contributed by atoms with van der Waals surface area (Å²) in [4.78, 5) is 26.8. The minimum atomic E-state index is 0.0786. The average molecular weight is 261 g/mol. The molecule has 3 nitrogen and oxygen atoms in total. The standard InChI is InChI=1S/C16H23NO2/c18-15-13-11-6-7-12(8-11)14(13)16(19)17(15)9-10-4-2-1-3-5-10/h10-14H,1-9H2/t11-,12?,13?,14?/m1/s1. The fraction of sp³-hybridized carbons (Fsp3) is 0.875. The predicted octanol–water partition coefficient (Wildman–Crippen LogP) is 2.60. The molecule has 3 heteroatoms. The summed E-state index contributed by atoms with van der Waals surface area (Å²) >= 11 is 0.